The zero-order chi connectivity index (χ0) is 16.9. The second-order valence-electron chi connectivity index (χ2n) is 5.99. The number of ether oxygens (including phenoxy) is 1. The van der Waals surface area contributed by atoms with Crippen molar-refractivity contribution in [2.45, 2.75) is 32.9 Å². The maximum absolute atomic E-state index is 11.8. The molecule has 1 aromatic carbocycles. The number of hydrogen-bond acceptors (Lipinski definition) is 4. The molecule has 0 radical (unpaired) electrons. The molecule has 0 aliphatic carbocycles. The first-order valence-electron chi connectivity index (χ1n) is 6.92. The number of halogens is 2. The van der Waals surface area contributed by atoms with Crippen LogP contribution in [-0.4, -0.2) is 41.8 Å². The molecule has 0 aliphatic rings. The highest BCUT2D eigenvalue weighted by Gasteiger charge is 2.19. The summed E-state index contributed by atoms with van der Waals surface area (Å²) in [6.07, 6.45) is -0.329. The standard InChI is InChI=1S/C15H22Br2N2O3/c1-15(2,3)22-14(21)19(4)6-5-18-9-10-7-11(16)13(20)12(17)8-10/h7-8,18,20H,5-6,9H2,1-4H3. The van der Waals surface area contributed by atoms with E-state index in [9.17, 15) is 9.90 Å². The van der Waals surface area contributed by atoms with E-state index < -0.39 is 5.60 Å². The van der Waals surface area contributed by atoms with E-state index in [1.807, 2.05) is 32.9 Å². The average Bonchev–Trinajstić information content (AvgIpc) is 2.38. The van der Waals surface area contributed by atoms with Crippen LogP contribution in [0.5, 0.6) is 5.75 Å². The third kappa shape index (κ3) is 6.54. The van der Waals surface area contributed by atoms with Crippen molar-refractivity contribution in [3.05, 3.63) is 26.6 Å². The molecule has 22 heavy (non-hydrogen) atoms. The normalized spacial score (nSPS) is 11.4. The van der Waals surface area contributed by atoms with Crippen LogP contribution in [0.3, 0.4) is 0 Å². The summed E-state index contributed by atoms with van der Waals surface area (Å²) in [5.41, 5.74) is 0.542. The molecule has 0 saturated carbocycles. The number of phenols is 1. The van der Waals surface area contributed by atoms with Crippen LogP contribution < -0.4 is 5.32 Å². The number of hydrogen-bond donors (Lipinski definition) is 2. The van der Waals surface area contributed by atoms with E-state index in [-0.39, 0.29) is 11.8 Å². The van der Waals surface area contributed by atoms with E-state index >= 15 is 0 Å². The molecule has 0 fully saturated rings. The maximum Gasteiger partial charge on any atom is 0.410 e. The van der Waals surface area contributed by atoms with Gasteiger partial charge in [0.05, 0.1) is 8.95 Å². The number of aromatic hydroxyl groups is 1. The van der Waals surface area contributed by atoms with Crippen molar-refractivity contribution in [1.82, 2.24) is 10.2 Å². The fraction of sp³-hybridized carbons (Fsp3) is 0.533. The number of nitrogens with zero attached hydrogens (tertiary/aromatic N) is 1. The van der Waals surface area contributed by atoms with Gasteiger partial charge in [0.25, 0.3) is 0 Å². The number of rotatable bonds is 5. The Morgan fingerprint density at radius 1 is 1.32 bits per heavy atom. The Morgan fingerprint density at radius 2 is 1.86 bits per heavy atom. The fourth-order valence-electron chi connectivity index (χ4n) is 1.63. The molecule has 5 nitrogen and oxygen atoms in total. The van der Waals surface area contributed by atoms with Crippen LogP contribution in [-0.2, 0) is 11.3 Å². The summed E-state index contributed by atoms with van der Waals surface area (Å²) in [4.78, 5) is 13.3. The van der Waals surface area contributed by atoms with Crippen molar-refractivity contribution in [2.24, 2.45) is 0 Å². The molecule has 0 saturated heterocycles. The highest BCUT2D eigenvalue weighted by Crippen LogP contribution is 2.33. The van der Waals surface area contributed by atoms with Crippen molar-refractivity contribution < 1.29 is 14.6 Å². The topological polar surface area (TPSA) is 61.8 Å². The number of carbonyl (C=O) groups is 1. The molecular formula is C15H22Br2N2O3. The largest absolute Gasteiger partial charge is 0.506 e. The highest BCUT2D eigenvalue weighted by molar-refractivity contribution is 9.11. The minimum absolute atomic E-state index is 0.188. The third-order valence-electron chi connectivity index (χ3n) is 2.73. The van der Waals surface area contributed by atoms with Gasteiger partial charge in [0, 0.05) is 26.7 Å². The van der Waals surface area contributed by atoms with Crippen molar-refractivity contribution >= 4 is 38.0 Å². The Morgan fingerprint density at radius 3 is 2.36 bits per heavy atom. The molecule has 0 bridgehead atoms. The van der Waals surface area contributed by atoms with Crippen molar-refractivity contribution in [3.8, 4) is 5.75 Å². The van der Waals surface area contributed by atoms with Gasteiger partial charge in [0.1, 0.15) is 11.4 Å². The van der Waals surface area contributed by atoms with Crippen LogP contribution >= 0.6 is 31.9 Å². The van der Waals surface area contributed by atoms with E-state index in [2.05, 4.69) is 37.2 Å². The minimum Gasteiger partial charge on any atom is -0.506 e. The summed E-state index contributed by atoms with van der Waals surface area (Å²) in [6, 6.07) is 3.70. The van der Waals surface area contributed by atoms with Gasteiger partial charge in [0.15, 0.2) is 0 Å². The van der Waals surface area contributed by atoms with Gasteiger partial charge in [-0.05, 0) is 70.3 Å². The number of benzene rings is 1. The van der Waals surface area contributed by atoms with Crippen LogP contribution in [0.2, 0.25) is 0 Å². The lowest BCUT2D eigenvalue weighted by Crippen LogP contribution is -2.37. The molecule has 1 rings (SSSR count). The van der Waals surface area contributed by atoms with Crippen LogP contribution in [0.15, 0.2) is 21.1 Å². The summed E-state index contributed by atoms with van der Waals surface area (Å²) in [5.74, 6) is 0.188. The minimum atomic E-state index is -0.483. The van der Waals surface area contributed by atoms with Crippen LogP contribution in [0.1, 0.15) is 26.3 Å². The van der Waals surface area contributed by atoms with E-state index in [0.29, 0.717) is 28.6 Å². The van der Waals surface area contributed by atoms with E-state index in [1.165, 1.54) is 0 Å². The van der Waals surface area contributed by atoms with Gasteiger partial charge in [0.2, 0.25) is 0 Å². The molecule has 0 atom stereocenters. The molecular weight excluding hydrogens is 416 g/mol. The second-order valence-corrected chi connectivity index (χ2v) is 7.70. The lowest BCUT2D eigenvalue weighted by Gasteiger charge is -2.24. The van der Waals surface area contributed by atoms with Crippen LogP contribution in [0.25, 0.3) is 0 Å². The van der Waals surface area contributed by atoms with Gasteiger partial charge in [-0.15, -0.1) is 0 Å². The van der Waals surface area contributed by atoms with E-state index in [0.717, 1.165) is 5.56 Å². The summed E-state index contributed by atoms with van der Waals surface area (Å²) in [5, 5.41) is 12.9. The molecule has 1 aromatic rings. The van der Waals surface area contributed by atoms with Crippen molar-refractivity contribution in [1.29, 1.82) is 0 Å². The zero-order valence-corrected chi connectivity index (χ0v) is 16.4. The first kappa shape index (κ1) is 19.3. The summed E-state index contributed by atoms with van der Waals surface area (Å²) in [6.45, 7) is 7.37. The number of phenolic OH excluding ortho intramolecular Hbond substituents is 1. The Balaban J connectivity index is 2.38. The van der Waals surface area contributed by atoms with Crippen molar-refractivity contribution in [3.63, 3.8) is 0 Å². The SMILES string of the molecule is CN(CCNCc1cc(Br)c(O)c(Br)c1)C(=O)OC(C)(C)C. The summed E-state index contributed by atoms with van der Waals surface area (Å²) < 4.78 is 6.56. The van der Waals surface area contributed by atoms with Gasteiger partial charge in [-0.1, -0.05) is 0 Å². The van der Waals surface area contributed by atoms with Gasteiger partial charge in [-0.3, -0.25) is 0 Å². The predicted molar refractivity (Wildman–Crippen MR) is 94.1 cm³/mol. The first-order chi connectivity index (χ1) is 10.1. The van der Waals surface area contributed by atoms with Gasteiger partial charge in [-0.25, -0.2) is 4.79 Å². The van der Waals surface area contributed by atoms with Crippen molar-refractivity contribution in [2.75, 3.05) is 20.1 Å². The molecule has 0 spiro atoms. The summed E-state index contributed by atoms with van der Waals surface area (Å²) >= 11 is 6.60. The molecule has 124 valence electrons. The Hall–Kier alpha value is -0.790. The van der Waals surface area contributed by atoms with Crippen LogP contribution in [0, 0.1) is 0 Å². The predicted octanol–water partition coefficient (Wildman–Crippen LogP) is 3.87. The Bertz CT molecular complexity index is 507. The fourth-order valence-corrected chi connectivity index (χ4v) is 2.91. The number of carbonyl (C=O) groups excluding carboxylic acids is 1. The molecule has 2 N–H and O–H groups in total. The zero-order valence-electron chi connectivity index (χ0n) is 13.2. The molecule has 0 aliphatic heterocycles. The smallest absolute Gasteiger partial charge is 0.410 e. The molecule has 1 amide bonds. The highest BCUT2D eigenvalue weighted by atomic mass is 79.9. The quantitative estimate of drug-likeness (QED) is 0.686. The number of likely N-dealkylation sites (N-methyl/N-ethyl adjacent to an activating group) is 1. The van der Waals surface area contributed by atoms with Crippen LogP contribution in [0.4, 0.5) is 4.79 Å². The number of nitrogens with one attached hydrogen (secondary N) is 1. The molecule has 0 unspecified atom stereocenters. The third-order valence-corrected chi connectivity index (χ3v) is 3.94. The molecule has 7 heteroatoms. The number of amides is 1. The average molecular weight is 438 g/mol. The Kier molecular flexibility index (Phi) is 7.15. The van der Waals surface area contributed by atoms with Gasteiger partial charge >= 0.3 is 6.09 Å². The van der Waals surface area contributed by atoms with E-state index in [1.54, 1.807) is 11.9 Å². The molecule has 0 heterocycles. The van der Waals surface area contributed by atoms with Gasteiger partial charge < -0.3 is 20.1 Å². The second kappa shape index (κ2) is 8.17. The van der Waals surface area contributed by atoms with E-state index in [4.69, 9.17) is 4.74 Å². The Labute approximate surface area is 148 Å². The lowest BCUT2D eigenvalue weighted by atomic mass is 10.2. The van der Waals surface area contributed by atoms with Gasteiger partial charge in [-0.2, -0.15) is 0 Å². The summed E-state index contributed by atoms with van der Waals surface area (Å²) in [7, 11) is 1.71. The molecule has 0 aromatic heterocycles. The monoisotopic (exact) mass is 436 g/mol. The lowest BCUT2D eigenvalue weighted by molar-refractivity contribution is 0.0300. The first-order valence-corrected chi connectivity index (χ1v) is 8.50. The maximum atomic E-state index is 11.8.